The Labute approximate surface area is 195 Å². The Morgan fingerprint density at radius 2 is 1.94 bits per heavy atom. The highest BCUT2D eigenvalue weighted by Gasteiger charge is 2.39. The number of nitrogens with zero attached hydrogens (tertiary/aromatic N) is 1. The van der Waals surface area contributed by atoms with E-state index in [0.717, 1.165) is 32.4 Å². The molecular weight excluding hydrogens is 419 g/mol. The maximum Gasteiger partial charge on any atom is 0.222 e. The maximum atomic E-state index is 14.6. The molecule has 0 saturated carbocycles. The van der Waals surface area contributed by atoms with E-state index in [0.29, 0.717) is 49.3 Å². The zero-order valence-electron chi connectivity index (χ0n) is 19.3. The van der Waals surface area contributed by atoms with Gasteiger partial charge in [-0.05, 0) is 61.6 Å². The van der Waals surface area contributed by atoms with Crippen LogP contribution in [0.2, 0.25) is 0 Å². The third kappa shape index (κ3) is 5.92. The van der Waals surface area contributed by atoms with Crippen LogP contribution in [0.4, 0.5) is 4.39 Å². The molecule has 2 aromatic carbocycles. The summed E-state index contributed by atoms with van der Waals surface area (Å²) in [5.74, 6) is 0.824. The lowest BCUT2D eigenvalue weighted by molar-refractivity contribution is -0.133. The Morgan fingerprint density at radius 1 is 1.18 bits per heavy atom. The Balaban J connectivity index is 1.32. The number of methoxy groups -OCH3 is 1. The van der Waals surface area contributed by atoms with Crippen molar-refractivity contribution in [3.63, 3.8) is 0 Å². The molecule has 0 aromatic heterocycles. The van der Waals surface area contributed by atoms with Gasteiger partial charge in [-0.25, -0.2) is 4.39 Å². The van der Waals surface area contributed by atoms with Crippen LogP contribution in [0.25, 0.3) is 0 Å². The van der Waals surface area contributed by atoms with Crippen molar-refractivity contribution < 1.29 is 18.7 Å². The quantitative estimate of drug-likeness (QED) is 0.650. The first kappa shape index (κ1) is 23.3. The summed E-state index contributed by atoms with van der Waals surface area (Å²) in [6.07, 6.45) is 5.38. The van der Waals surface area contributed by atoms with Gasteiger partial charge in [0.2, 0.25) is 11.8 Å². The summed E-state index contributed by atoms with van der Waals surface area (Å²) in [5, 5.41) is 3.06. The highest BCUT2D eigenvalue weighted by molar-refractivity contribution is 5.80. The van der Waals surface area contributed by atoms with Crippen molar-refractivity contribution in [2.24, 2.45) is 5.92 Å². The number of ether oxygens (including phenoxy) is 1. The number of benzene rings is 2. The van der Waals surface area contributed by atoms with Crippen LogP contribution in [0.1, 0.15) is 49.7 Å². The summed E-state index contributed by atoms with van der Waals surface area (Å²) in [5.41, 5.74) is 1.31. The topological polar surface area (TPSA) is 58.6 Å². The molecule has 4 rings (SSSR count). The van der Waals surface area contributed by atoms with E-state index in [1.54, 1.807) is 12.1 Å². The molecule has 1 atom stereocenters. The molecule has 2 fully saturated rings. The minimum Gasteiger partial charge on any atom is -0.497 e. The van der Waals surface area contributed by atoms with Crippen LogP contribution in [0.15, 0.2) is 48.5 Å². The molecule has 2 heterocycles. The fraction of sp³-hybridized carbons (Fsp3) is 0.481. The van der Waals surface area contributed by atoms with E-state index in [9.17, 15) is 14.0 Å². The van der Waals surface area contributed by atoms with Crippen molar-refractivity contribution >= 4 is 11.8 Å². The Kier molecular flexibility index (Phi) is 7.31. The fourth-order valence-electron chi connectivity index (χ4n) is 5.18. The van der Waals surface area contributed by atoms with Gasteiger partial charge in [0.1, 0.15) is 11.6 Å². The van der Waals surface area contributed by atoms with Crippen molar-refractivity contribution in [1.29, 1.82) is 0 Å². The third-order valence-electron chi connectivity index (χ3n) is 7.18. The number of amides is 2. The molecular formula is C27H33FN2O3. The van der Waals surface area contributed by atoms with Gasteiger partial charge in [-0.3, -0.25) is 9.59 Å². The van der Waals surface area contributed by atoms with Gasteiger partial charge in [-0.2, -0.15) is 0 Å². The summed E-state index contributed by atoms with van der Waals surface area (Å²) in [7, 11) is 1.50. The summed E-state index contributed by atoms with van der Waals surface area (Å²) in [6, 6.07) is 15.3. The number of hydrogen-bond acceptors (Lipinski definition) is 3. The molecule has 6 heteroatoms. The molecule has 2 saturated heterocycles. The number of piperidine rings is 1. The predicted molar refractivity (Wildman–Crippen MR) is 125 cm³/mol. The van der Waals surface area contributed by atoms with E-state index in [2.05, 4.69) is 29.6 Å². The molecule has 2 amide bonds. The zero-order valence-corrected chi connectivity index (χ0v) is 19.3. The average molecular weight is 453 g/mol. The lowest BCUT2D eigenvalue weighted by Gasteiger charge is -2.34. The summed E-state index contributed by atoms with van der Waals surface area (Å²) in [6.45, 7) is 1.56. The molecule has 2 aromatic rings. The van der Waals surface area contributed by atoms with E-state index >= 15 is 0 Å². The second-order valence-electron chi connectivity index (χ2n) is 9.48. The Bertz CT molecular complexity index is 973. The standard InChI is InChI=1S/C27H33FN2O3/c1-33-23-8-7-22(24(28)18-23)19-27(13-9-25(31)29-27)14-10-26(32)30-15-11-21(12-16-30)17-20-5-3-2-4-6-20/h2-8,18,21H,9-17,19H2,1H3,(H,29,31)/t27-/m1/s1. The minimum absolute atomic E-state index is 0.0295. The van der Waals surface area contributed by atoms with Crippen LogP contribution in [-0.2, 0) is 22.4 Å². The van der Waals surface area contributed by atoms with Crippen LogP contribution < -0.4 is 10.1 Å². The second-order valence-corrected chi connectivity index (χ2v) is 9.48. The molecule has 2 aliphatic rings. The summed E-state index contributed by atoms with van der Waals surface area (Å²) >= 11 is 0. The van der Waals surface area contributed by atoms with Crippen LogP contribution >= 0.6 is 0 Å². The van der Waals surface area contributed by atoms with E-state index < -0.39 is 5.54 Å². The molecule has 2 aliphatic heterocycles. The molecule has 0 bridgehead atoms. The highest BCUT2D eigenvalue weighted by Crippen LogP contribution is 2.32. The van der Waals surface area contributed by atoms with Crippen LogP contribution in [-0.4, -0.2) is 42.5 Å². The Morgan fingerprint density at radius 3 is 2.58 bits per heavy atom. The summed E-state index contributed by atoms with van der Waals surface area (Å²) < 4.78 is 19.7. The number of halogens is 1. The zero-order chi connectivity index (χ0) is 23.3. The van der Waals surface area contributed by atoms with E-state index in [1.807, 2.05) is 11.0 Å². The lowest BCUT2D eigenvalue weighted by Crippen LogP contribution is -2.45. The lowest BCUT2D eigenvalue weighted by atomic mass is 9.84. The van der Waals surface area contributed by atoms with Gasteiger partial charge in [-0.1, -0.05) is 36.4 Å². The number of nitrogens with one attached hydrogen (secondary N) is 1. The van der Waals surface area contributed by atoms with Crippen LogP contribution in [0.3, 0.4) is 0 Å². The van der Waals surface area contributed by atoms with Gasteiger partial charge in [0.25, 0.3) is 0 Å². The summed E-state index contributed by atoms with van der Waals surface area (Å²) in [4.78, 5) is 27.0. The largest absolute Gasteiger partial charge is 0.497 e. The van der Waals surface area contributed by atoms with Gasteiger partial charge in [-0.15, -0.1) is 0 Å². The molecule has 0 aliphatic carbocycles. The van der Waals surface area contributed by atoms with Crippen molar-refractivity contribution in [2.75, 3.05) is 20.2 Å². The molecule has 0 spiro atoms. The van der Waals surface area contributed by atoms with Crippen molar-refractivity contribution in [1.82, 2.24) is 10.2 Å². The van der Waals surface area contributed by atoms with Crippen LogP contribution in [0.5, 0.6) is 5.75 Å². The first-order valence-corrected chi connectivity index (χ1v) is 11.9. The number of carbonyl (C=O) groups is 2. The van der Waals surface area contributed by atoms with Gasteiger partial charge >= 0.3 is 0 Å². The first-order valence-electron chi connectivity index (χ1n) is 11.9. The third-order valence-corrected chi connectivity index (χ3v) is 7.18. The van der Waals surface area contributed by atoms with Gasteiger partial charge in [0, 0.05) is 37.5 Å². The number of rotatable bonds is 8. The monoisotopic (exact) mass is 452 g/mol. The van der Waals surface area contributed by atoms with Crippen molar-refractivity contribution in [2.45, 2.75) is 56.9 Å². The predicted octanol–water partition coefficient (Wildman–Crippen LogP) is 4.29. The molecule has 0 unspecified atom stereocenters. The second kappa shape index (κ2) is 10.4. The molecule has 0 radical (unpaired) electrons. The smallest absolute Gasteiger partial charge is 0.222 e. The molecule has 1 N–H and O–H groups in total. The van der Waals surface area contributed by atoms with Crippen LogP contribution in [0, 0.1) is 11.7 Å². The number of carbonyl (C=O) groups excluding carboxylic acids is 2. The number of likely N-dealkylation sites (tertiary alicyclic amines) is 1. The fourth-order valence-corrected chi connectivity index (χ4v) is 5.18. The van der Waals surface area contributed by atoms with E-state index in [1.165, 1.54) is 18.7 Å². The SMILES string of the molecule is COc1ccc(C[C@]2(CCC(=O)N3CCC(Cc4ccccc4)CC3)CCC(=O)N2)c(F)c1. The van der Waals surface area contributed by atoms with Crippen molar-refractivity contribution in [3.05, 3.63) is 65.5 Å². The Hall–Kier alpha value is -2.89. The maximum absolute atomic E-state index is 14.6. The number of hydrogen-bond donors (Lipinski definition) is 1. The minimum atomic E-state index is -0.576. The van der Waals surface area contributed by atoms with Gasteiger partial charge in [0.15, 0.2) is 0 Å². The first-order chi connectivity index (χ1) is 16.0. The highest BCUT2D eigenvalue weighted by atomic mass is 19.1. The normalized spacial score (nSPS) is 21.2. The molecule has 5 nitrogen and oxygen atoms in total. The van der Waals surface area contributed by atoms with E-state index in [4.69, 9.17) is 4.74 Å². The molecule has 176 valence electrons. The molecule has 33 heavy (non-hydrogen) atoms. The van der Waals surface area contributed by atoms with Crippen molar-refractivity contribution in [3.8, 4) is 5.75 Å². The van der Waals surface area contributed by atoms with Gasteiger partial charge < -0.3 is 15.0 Å². The van der Waals surface area contributed by atoms with Gasteiger partial charge in [0.05, 0.1) is 7.11 Å². The van der Waals surface area contributed by atoms with E-state index in [-0.39, 0.29) is 17.6 Å². The average Bonchev–Trinajstić information content (AvgIpc) is 3.20.